The standard InChI is InChI=1S/C23H25ClFN5O3/c1-2-3-10-17(23(33)27-12-14-7-6-9-16(24)20(14)25)28-19(31)13-30-18-11-5-4-8-15(18)21(29-30)22(26)32/h4-9,11,17H,2-3,10,12-13H2,1H3,(H2,26,32)(H,27,33)(H,28,31)/t17-/m0/s1. The molecule has 0 aliphatic rings. The van der Waals surface area contributed by atoms with E-state index in [9.17, 15) is 18.8 Å². The molecule has 10 heteroatoms. The molecule has 3 rings (SSSR count). The summed E-state index contributed by atoms with van der Waals surface area (Å²) in [4.78, 5) is 37.2. The first-order valence-electron chi connectivity index (χ1n) is 10.6. The van der Waals surface area contributed by atoms with Crippen LogP contribution in [-0.4, -0.2) is 33.5 Å². The normalized spacial score (nSPS) is 11.8. The summed E-state index contributed by atoms with van der Waals surface area (Å²) in [6.07, 6.45) is 1.95. The van der Waals surface area contributed by atoms with Crippen molar-refractivity contribution in [1.29, 1.82) is 0 Å². The van der Waals surface area contributed by atoms with Crippen LogP contribution in [-0.2, 0) is 22.7 Å². The Morgan fingerprint density at radius 3 is 2.67 bits per heavy atom. The van der Waals surface area contributed by atoms with Crippen LogP contribution in [0.1, 0.15) is 42.2 Å². The molecule has 2 aromatic carbocycles. The number of fused-ring (bicyclic) bond motifs is 1. The molecule has 0 unspecified atom stereocenters. The van der Waals surface area contributed by atoms with E-state index in [-0.39, 0.29) is 29.4 Å². The Hall–Kier alpha value is -3.46. The van der Waals surface area contributed by atoms with E-state index in [1.54, 1.807) is 30.3 Å². The lowest BCUT2D eigenvalue weighted by molar-refractivity contribution is -0.129. The largest absolute Gasteiger partial charge is 0.364 e. The lowest BCUT2D eigenvalue weighted by Crippen LogP contribution is -2.47. The highest BCUT2D eigenvalue weighted by Gasteiger charge is 2.22. The fraction of sp³-hybridized carbons (Fsp3) is 0.304. The molecule has 0 spiro atoms. The summed E-state index contributed by atoms with van der Waals surface area (Å²) in [6, 6.07) is 10.7. The van der Waals surface area contributed by atoms with Gasteiger partial charge in [-0.15, -0.1) is 0 Å². The zero-order valence-electron chi connectivity index (χ0n) is 18.1. The van der Waals surface area contributed by atoms with Gasteiger partial charge >= 0.3 is 0 Å². The lowest BCUT2D eigenvalue weighted by atomic mass is 10.1. The van der Waals surface area contributed by atoms with E-state index in [1.807, 2.05) is 6.92 Å². The number of carbonyl (C=O) groups excluding carboxylic acids is 3. The fourth-order valence-corrected chi connectivity index (χ4v) is 3.67. The van der Waals surface area contributed by atoms with Gasteiger partial charge in [0.05, 0.1) is 10.5 Å². The highest BCUT2D eigenvalue weighted by atomic mass is 35.5. The first-order chi connectivity index (χ1) is 15.8. The number of hydrogen-bond donors (Lipinski definition) is 3. The molecule has 0 aliphatic heterocycles. The Balaban J connectivity index is 1.70. The predicted octanol–water partition coefficient (Wildman–Crippen LogP) is 2.92. The Bertz CT molecular complexity index is 1180. The molecule has 174 valence electrons. The first kappa shape index (κ1) is 24.2. The highest BCUT2D eigenvalue weighted by molar-refractivity contribution is 6.30. The summed E-state index contributed by atoms with van der Waals surface area (Å²) in [6.45, 7) is 1.71. The van der Waals surface area contributed by atoms with Crippen molar-refractivity contribution in [3.8, 4) is 0 Å². The molecular weight excluding hydrogens is 449 g/mol. The average molecular weight is 474 g/mol. The van der Waals surface area contributed by atoms with E-state index >= 15 is 0 Å². The molecule has 0 fully saturated rings. The van der Waals surface area contributed by atoms with E-state index in [2.05, 4.69) is 15.7 Å². The van der Waals surface area contributed by atoms with Crippen molar-refractivity contribution in [2.75, 3.05) is 0 Å². The van der Waals surface area contributed by atoms with Crippen LogP contribution >= 0.6 is 11.6 Å². The van der Waals surface area contributed by atoms with Gasteiger partial charge in [0.25, 0.3) is 5.91 Å². The first-order valence-corrected chi connectivity index (χ1v) is 10.9. The van der Waals surface area contributed by atoms with E-state index in [0.29, 0.717) is 23.7 Å². The van der Waals surface area contributed by atoms with Crippen LogP contribution in [0.5, 0.6) is 0 Å². The van der Waals surface area contributed by atoms with Crippen molar-refractivity contribution < 1.29 is 18.8 Å². The van der Waals surface area contributed by atoms with Gasteiger partial charge in [-0.2, -0.15) is 5.10 Å². The summed E-state index contributed by atoms with van der Waals surface area (Å²) in [5.41, 5.74) is 6.29. The van der Waals surface area contributed by atoms with Crippen LogP contribution < -0.4 is 16.4 Å². The Morgan fingerprint density at radius 2 is 1.94 bits per heavy atom. The molecule has 33 heavy (non-hydrogen) atoms. The Kier molecular flexibility index (Phi) is 8.00. The number of halogens is 2. The summed E-state index contributed by atoms with van der Waals surface area (Å²) < 4.78 is 15.5. The molecule has 3 aromatic rings. The number of amides is 3. The molecule has 0 saturated carbocycles. The van der Waals surface area contributed by atoms with Crippen molar-refractivity contribution in [2.45, 2.75) is 45.3 Å². The molecule has 1 heterocycles. The Morgan fingerprint density at radius 1 is 1.18 bits per heavy atom. The molecule has 1 aromatic heterocycles. The topological polar surface area (TPSA) is 119 Å². The minimum atomic E-state index is -0.808. The van der Waals surface area contributed by atoms with Gasteiger partial charge in [0.1, 0.15) is 18.4 Å². The molecular formula is C23H25ClFN5O3. The molecule has 3 amide bonds. The maximum atomic E-state index is 14.1. The van der Waals surface area contributed by atoms with Gasteiger partial charge in [-0.25, -0.2) is 4.39 Å². The molecule has 0 aliphatic carbocycles. The number of nitrogens with one attached hydrogen (secondary N) is 2. The highest BCUT2D eigenvalue weighted by Crippen LogP contribution is 2.19. The fourth-order valence-electron chi connectivity index (χ4n) is 3.47. The van der Waals surface area contributed by atoms with Crippen molar-refractivity contribution >= 4 is 40.2 Å². The molecule has 4 N–H and O–H groups in total. The minimum absolute atomic E-state index is 0.0284. The quantitative estimate of drug-likeness (QED) is 0.419. The third-order valence-electron chi connectivity index (χ3n) is 5.17. The van der Waals surface area contributed by atoms with Crippen LogP contribution in [0.25, 0.3) is 10.9 Å². The van der Waals surface area contributed by atoms with Crippen molar-refractivity contribution in [1.82, 2.24) is 20.4 Å². The molecule has 0 radical (unpaired) electrons. The van der Waals surface area contributed by atoms with E-state index in [4.69, 9.17) is 17.3 Å². The Labute approximate surface area is 195 Å². The number of primary amides is 1. The molecule has 0 saturated heterocycles. The van der Waals surface area contributed by atoms with Crippen LogP contribution in [0.4, 0.5) is 4.39 Å². The van der Waals surface area contributed by atoms with Crippen LogP contribution in [0, 0.1) is 5.82 Å². The van der Waals surface area contributed by atoms with Crippen molar-refractivity contribution in [3.63, 3.8) is 0 Å². The van der Waals surface area contributed by atoms with E-state index in [1.165, 1.54) is 16.8 Å². The number of hydrogen-bond acceptors (Lipinski definition) is 4. The third-order valence-corrected chi connectivity index (χ3v) is 5.46. The van der Waals surface area contributed by atoms with Crippen molar-refractivity contribution in [2.24, 2.45) is 5.73 Å². The number of aromatic nitrogens is 2. The van der Waals surface area contributed by atoms with E-state index < -0.39 is 29.6 Å². The molecule has 1 atom stereocenters. The lowest BCUT2D eigenvalue weighted by Gasteiger charge is -2.19. The second kappa shape index (κ2) is 10.9. The molecule has 0 bridgehead atoms. The van der Waals surface area contributed by atoms with Gasteiger partial charge in [-0.3, -0.25) is 19.1 Å². The number of para-hydroxylation sites is 1. The second-order valence-electron chi connectivity index (χ2n) is 7.58. The van der Waals surface area contributed by atoms with Gasteiger partial charge in [-0.1, -0.05) is 61.7 Å². The average Bonchev–Trinajstić information content (AvgIpc) is 3.16. The third kappa shape index (κ3) is 5.87. The van der Waals surface area contributed by atoms with Gasteiger partial charge in [0.2, 0.25) is 11.8 Å². The maximum absolute atomic E-state index is 14.1. The van der Waals surface area contributed by atoms with Gasteiger partial charge in [0, 0.05) is 17.5 Å². The van der Waals surface area contributed by atoms with Gasteiger partial charge < -0.3 is 16.4 Å². The van der Waals surface area contributed by atoms with Crippen LogP contribution in [0.2, 0.25) is 5.02 Å². The number of nitrogens with two attached hydrogens (primary N) is 1. The number of benzene rings is 2. The number of nitrogens with zero attached hydrogens (tertiary/aromatic N) is 2. The second-order valence-corrected chi connectivity index (χ2v) is 7.99. The SMILES string of the molecule is CCCC[C@H](NC(=O)Cn1nc(C(N)=O)c2ccccc21)C(=O)NCc1cccc(Cl)c1F. The smallest absolute Gasteiger partial charge is 0.269 e. The van der Waals surface area contributed by atoms with Gasteiger partial charge in [0.15, 0.2) is 5.69 Å². The number of rotatable bonds is 10. The summed E-state index contributed by atoms with van der Waals surface area (Å²) >= 11 is 5.79. The number of unbranched alkanes of at least 4 members (excludes halogenated alkanes) is 1. The van der Waals surface area contributed by atoms with Crippen LogP contribution in [0.15, 0.2) is 42.5 Å². The zero-order chi connectivity index (χ0) is 24.0. The minimum Gasteiger partial charge on any atom is -0.364 e. The summed E-state index contributed by atoms with van der Waals surface area (Å²) in [7, 11) is 0. The van der Waals surface area contributed by atoms with Crippen LogP contribution in [0.3, 0.4) is 0 Å². The predicted molar refractivity (Wildman–Crippen MR) is 123 cm³/mol. The van der Waals surface area contributed by atoms with Gasteiger partial charge in [-0.05, 0) is 18.6 Å². The zero-order valence-corrected chi connectivity index (χ0v) is 18.9. The van der Waals surface area contributed by atoms with Crippen molar-refractivity contribution in [3.05, 3.63) is 64.6 Å². The van der Waals surface area contributed by atoms with E-state index in [0.717, 1.165) is 6.42 Å². The number of carbonyl (C=O) groups is 3. The molecule has 8 nitrogen and oxygen atoms in total. The maximum Gasteiger partial charge on any atom is 0.269 e. The summed E-state index contributed by atoms with van der Waals surface area (Å²) in [5, 5.41) is 10.1. The summed E-state index contributed by atoms with van der Waals surface area (Å²) in [5.74, 6) is -2.17. The monoisotopic (exact) mass is 473 g/mol.